The molecule has 1 N–H and O–H groups in total. The number of hydrogen-bond donors (Lipinski definition) is 1. The van der Waals surface area contributed by atoms with Crippen molar-refractivity contribution in [2.24, 2.45) is 5.92 Å². The fourth-order valence-electron chi connectivity index (χ4n) is 2.44. The summed E-state index contributed by atoms with van der Waals surface area (Å²) >= 11 is 0. The lowest BCUT2D eigenvalue weighted by Crippen LogP contribution is -2.49. The molecule has 0 bridgehead atoms. The summed E-state index contributed by atoms with van der Waals surface area (Å²) in [6.45, 7) is 4.40. The summed E-state index contributed by atoms with van der Waals surface area (Å²) in [4.78, 5) is 0. The molecule has 94 valence electrons. The Morgan fingerprint density at radius 1 is 1.31 bits per heavy atom. The Balaban J connectivity index is 2.01. The molecule has 1 saturated carbocycles. The third-order valence-electron chi connectivity index (χ3n) is 3.49. The summed E-state index contributed by atoms with van der Waals surface area (Å²) in [5, 5.41) is 3.28. The molecule has 2 aliphatic rings. The highest BCUT2D eigenvalue weighted by molar-refractivity contribution is 7.89. The third kappa shape index (κ3) is 2.96. The molecule has 1 heterocycles. The molecule has 16 heavy (non-hydrogen) atoms. The van der Waals surface area contributed by atoms with Crippen LogP contribution in [0.3, 0.4) is 0 Å². The van der Waals surface area contributed by atoms with E-state index in [0.717, 1.165) is 38.8 Å². The Morgan fingerprint density at radius 3 is 2.56 bits per heavy atom. The van der Waals surface area contributed by atoms with Crippen molar-refractivity contribution in [1.29, 1.82) is 0 Å². The number of piperidine rings is 1. The molecule has 1 aliphatic heterocycles. The van der Waals surface area contributed by atoms with Crippen molar-refractivity contribution >= 4 is 10.0 Å². The fourth-order valence-corrected chi connectivity index (χ4v) is 4.59. The molecule has 5 heteroatoms. The van der Waals surface area contributed by atoms with Gasteiger partial charge in [-0.2, -0.15) is 4.31 Å². The summed E-state index contributed by atoms with van der Waals surface area (Å²) in [5.74, 6) is 0.813. The second-order valence-electron chi connectivity index (χ2n) is 4.93. The lowest BCUT2D eigenvalue weighted by Gasteiger charge is -2.33. The van der Waals surface area contributed by atoms with Crippen molar-refractivity contribution < 1.29 is 8.42 Å². The van der Waals surface area contributed by atoms with Crippen LogP contribution in [0.1, 0.15) is 32.6 Å². The van der Waals surface area contributed by atoms with Gasteiger partial charge in [0.2, 0.25) is 10.0 Å². The number of sulfonamides is 1. The maximum atomic E-state index is 12.2. The first kappa shape index (κ1) is 12.3. The molecule has 4 nitrogen and oxygen atoms in total. The normalized spacial score (nSPS) is 27.2. The van der Waals surface area contributed by atoms with Crippen LogP contribution in [0, 0.1) is 5.92 Å². The summed E-state index contributed by atoms with van der Waals surface area (Å²) in [6, 6.07) is 0.183. The molecule has 2 rings (SSSR count). The third-order valence-corrected chi connectivity index (χ3v) is 5.65. The van der Waals surface area contributed by atoms with Crippen LogP contribution in [0.15, 0.2) is 0 Å². The van der Waals surface area contributed by atoms with E-state index in [1.165, 1.54) is 0 Å². The van der Waals surface area contributed by atoms with Crippen LogP contribution >= 0.6 is 0 Å². The minimum atomic E-state index is -3.02. The summed E-state index contributed by atoms with van der Waals surface area (Å²) < 4.78 is 26.1. The van der Waals surface area contributed by atoms with Gasteiger partial charge in [0.05, 0.1) is 5.75 Å². The molecule has 0 spiro atoms. The van der Waals surface area contributed by atoms with Gasteiger partial charge in [-0.05, 0) is 38.1 Å². The van der Waals surface area contributed by atoms with Gasteiger partial charge in [0.25, 0.3) is 0 Å². The maximum Gasteiger partial charge on any atom is 0.214 e. The zero-order valence-corrected chi connectivity index (χ0v) is 10.8. The fraction of sp³-hybridized carbons (Fsp3) is 1.00. The molecular formula is C11H22N2O2S. The first-order valence-corrected chi connectivity index (χ1v) is 7.94. The van der Waals surface area contributed by atoms with Crippen molar-refractivity contribution in [2.75, 3.05) is 25.4 Å². The molecule has 1 saturated heterocycles. The smallest absolute Gasteiger partial charge is 0.214 e. The lowest BCUT2D eigenvalue weighted by molar-refractivity contribution is 0.274. The molecule has 1 atom stereocenters. The first-order valence-electron chi connectivity index (χ1n) is 6.33. The van der Waals surface area contributed by atoms with Crippen LogP contribution in [-0.4, -0.2) is 44.2 Å². The monoisotopic (exact) mass is 246 g/mol. The molecule has 0 radical (unpaired) electrons. The molecule has 0 aromatic rings. The summed E-state index contributed by atoms with van der Waals surface area (Å²) in [7, 11) is -3.02. The van der Waals surface area contributed by atoms with Gasteiger partial charge in [-0.1, -0.05) is 6.92 Å². The molecule has 0 aromatic heterocycles. The number of rotatable bonds is 5. The van der Waals surface area contributed by atoms with Gasteiger partial charge in [-0.25, -0.2) is 8.42 Å². The summed E-state index contributed by atoms with van der Waals surface area (Å²) in [5.41, 5.74) is 0. The van der Waals surface area contributed by atoms with E-state index in [9.17, 15) is 8.42 Å². The topological polar surface area (TPSA) is 49.4 Å². The minimum Gasteiger partial charge on any atom is -0.315 e. The van der Waals surface area contributed by atoms with Crippen molar-refractivity contribution in [1.82, 2.24) is 9.62 Å². The zero-order valence-electron chi connectivity index (χ0n) is 9.98. The molecule has 0 amide bonds. The largest absolute Gasteiger partial charge is 0.315 e. The van der Waals surface area contributed by atoms with Crippen LogP contribution in [0.4, 0.5) is 0 Å². The van der Waals surface area contributed by atoms with E-state index in [-0.39, 0.29) is 6.04 Å². The second-order valence-corrected chi connectivity index (χ2v) is 6.89. The van der Waals surface area contributed by atoms with Gasteiger partial charge >= 0.3 is 0 Å². The molecule has 0 aromatic carbocycles. The first-order chi connectivity index (χ1) is 7.63. The van der Waals surface area contributed by atoms with Crippen molar-refractivity contribution in [3.05, 3.63) is 0 Å². The average Bonchev–Trinajstić information content (AvgIpc) is 3.03. The number of nitrogens with zero attached hydrogens (tertiary/aromatic N) is 1. The standard InChI is InChI=1S/C11H22N2O2S/c1-2-13(11-4-3-7-12-8-11)16(14,15)9-10-5-6-10/h10-12H,2-9H2,1H3. The maximum absolute atomic E-state index is 12.2. The van der Waals surface area contributed by atoms with Gasteiger partial charge in [0.1, 0.15) is 0 Å². The molecule has 1 unspecified atom stereocenters. The van der Waals surface area contributed by atoms with Crippen molar-refractivity contribution in [3.8, 4) is 0 Å². The van der Waals surface area contributed by atoms with E-state index < -0.39 is 10.0 Å². The van der Waals surface area contributed by atoms with E-state index in [4.69, 9.17) is 0 Å². The number of likely N-dealkylation sites (N-methyl/N-ethyl adjacent to an activating group) is 1. The van der Waals surface area contributed by atoms with Crippen LogP contribution < -0.4 is 5.32 Å². The highest BCUT2D eigenvalue weighted by Gasteiger charge is 2.34. The van der Waals surface area contributed by atoms with Crippen LogP contribution in [0.5, 0.6) is 0 Å². The van der Waals surface area contributed by atoms with E-state index in [0.29, 0.717) is 18.2 Å². The van der Waals surface area contributed by atoms with Crippen LogP contribution in [0.2, 0.25) is 0 Å². The van der Waals surface area contributed by atoms with Crippen LogP contribution in [-0.2, 0) is 10.0 Å². The predicted octanol–water partition coefficient (Wildman–Crippen LogP) is 0.800. The van der Waals surface area contributed by atoms with Gasteiger partial charge in [0.15, 0.2) is 0 Å². The minimum absolute atomic E-state index is 0.183. The second kappa shape index (κ2) is 5.02. The van der Waals surface area contributed by atoms with Gasteiger partial charge < -0.3 is 5.32 Å². The highest BCUT2D eigenvalue weighted by atomic mass is 32.2. The Morgan fingerprint density at radius 2 is 2.06 bits per heavy atom. The molecule has 2 fully saturated rings. The number of hydrogen-bond acceptors (Lipinski definition) is 3. The average molecular weight is 246 g/mol. The van der Waals surface area contributed by atoms with E-state index in [1.807, 2.05) is 6.92 Å². The molecular weight excluding hydrogens is 224 g/mol. The number of nitrogens with one attached hydrogen (secondary N) is 1. The van der Waals surface area contributed by atoms with E-state index in [2.05, 4.69) is 5.32 Å². The zero-order chi connectivity index (χ0) is 11.6. The Hall–Kier alpha value is -0.130. The Kier molecular flexibility index (Phi) is 3.87. The quantitative estimate of drug-likeness (QED) is 0.780. The Labute approximate surface area is 98.4 Å². The van der Waals surface area contributed by atoms with Gasteiger partial charge in [-0.15, -0.1) is 0 Å². The Bertz CT molecular complexity index is 319. The van der Waals surface area contributed by atoms with Crippen molar-refractivity contribution in [3.63, 3.8) is 0 Å². The SMILES string of the molecule is CCN(C1CCCNC1)S(=O)(=O)CC1CC1. The predicted molar refractivity (Wildman–Crippen MR) is 64.8 cm³/mol. The molecule has 1 aliphatic carbocycles. The van der Waals surface area contributed by atoms with E-state index >= 15 is 0 Å². The van der Waals surface area contributed by atoms with Crippen LogP contribution in [0.25, 0.3) is 0 Å². The van der Waals surface area contributed by atoms with Gasteiger partial charge in [0, 0.05) is 19.1 Å². The van der Waals surface area contributed by atoms with E-state index in [1.54, 1.807) is 4.31 Å². The highest BCUT2D eigenvalue weighted by Crippen LogP contribution is 2.31. The van der Waals surface area contributed by atoms with Crippen molar-refractivity contribution in [2.45, 2.75) is 38.6 Å². The van der Waals surface area contributed by atoms with Gasteiger partial charge in [-0.3, -0.25) is 0 Å². The summed E-state index contributed by atoms with van der Waals surface area (Å²) in [6.07, 6.45) is 4.28. The lowest BCUT2D eigenvalue weighted by atomic mass is 10.1.